The molecule has 0 bridgehead atoms. The van der Waals surface area contributed by atoms with Crippen LogP contribution in [0.1, 0.15) is 29.6 Å². The number of carbonyl (C=O) groups excluding carboxylic acids is 1. The smallest absolute Gasteiger partial charge is 0.251 e. The molecule has 0 spiro atoms. The molecule has 1 heterocycles. The molecular formula is C17H21N3O2. The van der Waals surface area contributed by atoms with Gasteiger partial charge in [-0.1, -0.05) is 0 Å². The van der Waals surface area contributed by atoms with Crippen molar-refractivity contribution in [3.05, 3.63) is 48.3 Å². The molecule has 0 aliphatic heterocycles. The fourth-order valence-electron chi connectivity index (χ4n) is 2.20. The molecule has 0 saturated heterocycles. The highest BCUT2D eigenvalue weighted by atomic mass is 16.5. The van der Waals surface area contributed by atoms with E-state index in [0.29, 0.717) is 12.1 Å². The van der Waals surface area contributed by atoms with Crippen molar-refractivity contribution in [3.63, 3.8) is 0 Å². The van der Waals surface area contributed by atoms with Crippen LogP contribution in [-0.2, 0) is 4.74 Å². The number of aromatic nitrogens is 2. The number of hydrogen-bond donors (Lipinski definition) is 1. The van der Waals surface area contributed by atoms with E-state index in [9.17, 15) is 4.79 Å². The van der Waals surface area contributed by atoms with Gasteiger partial charge in [0.05, 0.1) is 5.69 Å². The second-order valence-corrected chi connectivity index (χ2v) is 5.63. The summed E-state index contributed by atoms with van der Waals surface area (Å²) in [5.74, 6) is 0.747. The van der Waals surface area contributed by atoms with Crippen molar-refractivity contribution in [1.82, 2.24) is 15.1 Å². The number of hydrogen-bond acceptors (Lipinski definition) is 3. The van der Waals surface area contributed by atoms with E-state index >= 15 is 0 Å². The van der Waals surface area contributed by atoms with Crippen molar-refractivity contribution in [1.29, 1.82) is 0 Å². The Bertz CT molecular complexity index is 589. The molecule has 5 heteroatoms. The summed E-state index contributed by atoms with van der Waals surface area (Å²) >= 11 is 0. The Morgan fingerprint density at radius 1 is 1.32 bits per heavy atom. The first-order valence-corrected chi connectivity index (χ1v) is 7.79. The maximum Gasteiger partial charge on any atom is 0.251 e. The monoisotopic (exact) mass is 299 g/mol. The lowest BCUT2D eigenvalue weighted by Crippen LogP contribution is -2.25. The average molecular weight is 299 g/mol. The first-order valence-electron chi connectivity index (χ1n) is 7.79. The largest absolute Gasteiger partial charge is 0.381 e. The van der Waals surface area contributed by atoms with E-state index in [0.717, 1.165) is 31.2 Å². The third-order valence-electron chi connectivity index (χ3n) is 3.70. The molecule has 1 aliphatic rings. The molecular weight excluding hydrogens is 278 g/mol. The van der Waals surface area contributed by atoms with Crippen molar-refractivity contribution in [2.24, 2.45) is 5.92 Å². The fraction of sp³-hybridized carbons (Fsp3) is 0.412. The van der Waals surface area contributed by atoms with E-state index in [1.807, 2.05) is 36.5 Å². The average Bonchev–Trinajstić information content (AvgIpc) is 3.21. The maximum atomic E-state index is 12.0. The zero-order valence-corrected chi connectivity index (χ0v) is 12.6. The van der Waals surface area contributed by atoms with Crippen molar-refractivity contribution in [2.75, 3.05) is 19.8 Å². The van der Waals surface area contributed by atoms with Crippen LogP contribution in [0.25, 0.3) is 5.69 Å². The Morgan fingerprint density at radius 2 is 2.14 bits per heavy atom. The number of benzene rings is 1. The van der Waals surface area contributed by atoms with Crippen LogP contribution in [0.4, 0.5) is 0 Å². The molecule has 0 unspecified atom stereocenters. The Balaban J connectivity index is 1.39. The molecule has 1 aromatic carbocycles. The highest BCUT2D eigenvalue weighted by molar-refractivity contribution is 5.94. The second-order valence-electron chi connectivity index (χ2n) is 5.63. The molecule has 1 N–H and O–H groups in total. The molecule has 1 amide bonds. The number of carbonyl (C=O) groups is 1. The number of nitrogens with zero attached hydrogens (tertiary/aromatic N) is 2. The summed E-state index contributed by atoms with van der Waals surface area (Å²) in [6.07, 6.45) is 7.07. The van der Waals surface area contributed by atoms with Gasteiger partial charge in [-0.15, -0.1) is 0 Å². The molecule has 0 radical (unpaired) electrons. The van der Waals surface area contributed by atoms with Crippen molar-refractivity contribution >= 4 is 5.91 Å². The van der Waals surface area contributed by atoms with Crippen LogP contribution in [0, 0.1) is 5.92 Å². The molecule has 0 atom stereocenters. The highest BCUT2D eigenvalue weighted by Gasteiger charge is 2.20. The minimum atomic E-state index is -0.0470. The van der Waals surface area contributed by atoms with E-state index in [1.54, 1.807) is 10.9 Å². The van der Waals surface area contributed by atoms with Crippen molar-refractivity contribution < 1.29 is 9.53 Å². The van der Waals surface area contributed by atoms with Gasteiger partial charge < -0.3 is 10.1 Å². The topological polar surface area (TPSA) is 56.1 Å². The molecule has 1 aliphatic carbocycles. The lowest BCUT2D eigenvalue weighted by atomic mass is 10.2. The van der Waals surface area contributed by atoms with E-state index in [1.165, 1.54) is 12.8 Å². The van der Waals surface area contributed by atoms with Crippen LogP contribution >= 0.6 is 0 Å². The lowest BCUT2D eigenvalue weighted by molar-refractivity contribution is 0.0937. The van der Waals surface area contributed by atoms with E-state index in [2.05, 4.69) is 10.4 Å². The van der Waals surface area contributed by atoms with Crippen LogP contribution in [-0.4, -0.2) is 35.4 Å². The van der Waals surface area contributed by atoms with Gasteiger partial charge in [0.2, 0.25) is 0 Å². The van der Waals surface area contributed by atoms with Gasteiger partial charge in [0.1, 0.15) is 0 Å². The summed E-state index contributed by atoms with van der Waals surface area (Å²) in [5, 5.41) is 7.07. The molecule has 116 valence electrons. The fourth-order valence-corrected chi connectivity index (χ4v) is 2.20. The Morgan fingerprint density at radius 3 is 2.82 bits per heavy atom. The number of rotatable bonds is 8. The van der Waals surface area contributed by atoms with Gasteiger partial charge in [0, 0.05) is 37.7 Å². The minimum Gasteiger partial charge on any atom is -0.381 e. The summed E-state index contributed by atoms with van der Waals surface area (Å²) in [4.78, 5) is 12.0. The Kier molecular flexibility index (Phi) is 4.85. The van der Waals surface area contributed by atoms with Crippen LogP contribution < -0.4 is 5.32 Å². The summed E-state index contributed by atoms with van der Waals surface area (Å²) in [6, 6.07) is 9.28. The highest BCUT2D eigenvalue weighted by Crippen LogP contribution is 2.28. The van der Waals surface area contributed by atoms with E-state index in [4.69, 9.17) is 4.74 Å². The Labute approximate surface area is 130 Å². The zero-order valence-electron chi connectivity index (χ0n) is 12.6. The van der Waals surface area contributed by atoms with Crippen molar-refractivity contribution in [3.8, 4) is 5.69 Å². The molecule has 1 fully saturated rings. The van der Waals surface area contributed by atoms with E-state index in [-0.39, 0.29) is 5.91 Å². The molecule has 1 aromatic heterocycles. The van der Waals surface area contributed by atoms with Crippen LogP contribution in [0.3, 0.4) is 0 Å². The standard InChI is InChI=1S/C17H21N3O2/c21-17(18-9-2-12-22-13-14-3-4-14)15-5-7-16(8-6-15)20-11-1-10-19-20/h1,5-8,10-11,14H,2-4,9,12-13H2,(H,18,21). The first-order chi connectivity index (χ1) is 10.8. The molecule has 3 rings (SSSR count). The number of nitrogens with one attached hydrogen (secondary N) is 1. The van der Waals surface area contributed by atoms with Gasteiger partial charge in [-0.2, -0.15) is 5.10 Å². The molecule has 22 heavy (non-hydrogen) atoms. The molecule has 2 aromatic rings. The van der Waals surface area contributed by atoms with Gasteiger partial charge in [0.15, 0.2) is 0 Å². The number of amides is 1. The summed E-state index contributed by atoms with van der Waals surface area (Å²) in [7, 11) is 0. The predicted octanol–water partition coefficient (Wildman–Crippen LogP) is 2.42. The van der Waals surface area contributed by atoms with Crippen LogP contribution in [0.5, 0.6) is 0 Å². The maximum absolute atomic E-state index is 12.0. The molecule has 5 nitrogen and oxygen atoms in total. The zero-order chi connectivity index (χ0) is 15.2. The summed E-state index contributed by atoms with van der Waals surface area (Å²) in [5.41, 5.74) is 1.60. The minimum absolute atomic E-state index is 0.0470. The van der Waals surface area contributed by atoms with Gasteiger partial charge in [-0.05, 0) is 55.5 Å². The summed E-state index contributed by atoms with van der Waals surface area (Å²) in [6.45, 7) is 2.24. The first kappa shape index (κ1) is 14.8. The lowest BCUT2D eigenvalue weighted by Gasteiger charge is -2.07. The third-order valence-corrected chi connectivity index (χ3v) is 3.70. The number of ether oxygens (including phenoxy) is 1. The van der Waals surface area contributed by atoms with Gasteiger partial charge in [0.25, 0.3) is 5.91 Å². The Hall–Kier alpha value is -2.14. The van der Waals surface area contributed by atoms with Gasteiger partial charge in [-0.25, -0.2) is 4.68 Å². The second kappa shape index (κ2) is 7.22. The van der Waals surface area contributed by atoms with Gasteiger partial charge in [-0.3, -0.25) is 4.79 Å². The SMILES string of the molecule is O=C(NCCCOCC1CC1)c1ccc(-n2cccn2)cc1. The molecule has 1 saturated carbocycles. The summed E-state index contributed by atoms with van der Waals surface area (Å²) < 4.78 is 7.30. The quantitative estimate of drug-likeness (QED) is 0.762. The van der Waals surface area contributed by atoms with E-state index < -0.39 is 0 Å². The third kappa shape index (κ3) is 4.18. The normalized spacial score (nSPS) is 14.0. The van der Waals surface area contributed by atoms with Crippen LogP contribution in [0.2, 0.25) is 0 Å². The van der Waals surface area contributed by atoms with Crippen LogP contribution in [0.15, 0.2) is 42.7 Å². The predicted molar refractivity (Wildman–Crippen MR) is 84.1 cm³/mol. The van der Waals surface area contributed by atoms with Crippen molar-refractivity contribution in [2.45, 2.75) is 19.3 Å². The van der Waals surface area contributed by atoms with Gasteiger partial charge >= 0.3 is 0 Å².